The second-order valence-electron chi connectivity index (χ2n) is 6.21. The van der Waals surface area contributed by atoms with Gasteiger partial charge in [-0.25, -0.2) is 0 Å². The van der Waals surface area contributed by atoms with Gasteiger partial charge < -0.3 is 10.2 Å². The second kappa shape index (κ2) is 7.08. The number of piperidine rings is 1. The first kappa shape index (κ1) is 15.9. The Morgan fingerprint density at radius 2 is 2.22 bits per heavy atom. The van der Waals surface area contributed by atoms with Crippen LogP contribution in [0.3, 0.4) is 0 Å². The van der Waals surface area contributed by atoms with Crippen LogP contribution in [0, 0.1) is 13.8 Å². The van der Waals surface area contributed by atoms with Crippen molar-refractivity contribution in [1.82, 2.24) is 25.3 Å². The molecule has 0 radical (unpaired) electrons. The number of aryl methyl sites for hydroxylation is 2. The minimum atomic E-state index is 0.481. The maximum Gasteiger partial charge on any atom is 0.151 e. The van der Waals surface area contributed by atoms with Crippen molar-refractivity contribution in [2.24, 2.45) is 0 Å². The first-order valence-corrected chi connectivity index (χ1v) is 8.48. The molecule has 1 fully saturated rings. The van der Waals surface area contributed by atoms with E-state index in [4.69, 9.17) is 0 Å². The molecular weight excluding hydrogens is 288 g/mol. The molecule has 1 aliphatic rings. The summed E-state index contributed by atoms with van der Waals surface area (Å²) in [5.41, 5.74) is 3.75. The minimum absolute atomic E-state index is 0.481. The van der Waals surface area contributed by atoms with Crippen molar-refractivity contribution in [3.8, 4) is 0 Å². The third kappa shape index (κ3) is 3.52. The topological polar surface area (TPSA) is 58.9 Å². The number of anilines is 1. The molecule has 124 valence electrons. The predicted molar refractivity (Wildman–Crippen MR) is 91.5 cm³/mol. The van der Waals surface area contributed by atoms with Crippen LogP contribution in [-0.4, -0.2) is 39.1 Å². The maximum absolute atomic E-state index is 4.60. The van der Waals surface area contributed by atoms with Crippen molar-refractivity contribution in [1.29, 1.82) is 0 Å². The molecule has 1 N–H and O–H groups in total. The highest BCUT2D eigenvalue weighted by molar-refractivity contribution is 5.37. The average molecular weight is 314 g/mol. The highest BCUT2D eigenvalue weighted by atomic mass is 15.3. The van der Waals surface area contributed by atoms with Gasteiger partial charge in [0, 0.05) is 49.7 Å². The van der Waals surface area contributed by atoms with Gasteiger partial charge in [0.25, 0.3) is 0 Å². The minimum Gasteiger partial charge on any atom is -0.354 e. The van der Waals surface area contributed by atoms with Gasteiger partial charge in [0.2, 0.25) is 0 Å². The van der Waals surface area contributed by atoms with E-state index in [0.717, 1.165) is 37.7 Å². The fourth-order valence-corrected chi connectivity index (χ4v) is 3.36. The SMILES string of the molecule is CCn1nc(C)c(CN[C@H]2CCCN(c3cccnn3)C2)c1C. The van der Waals surface area contributed by atoms with Gasteiger partial charge in [0.05, 0.1) is 5.69 Å². The van der Waals surface area contributed by atoms with E-state index < -0.39 is 0 Å². The Bertz CT molecular complexity index is 636. The third-order valence-electron chi connectivity index (χ3n) is 4.70. The van der Waals surface area contributed by atoms with Gasteiger partial charge >= 0.3 is 0 Å². The molecule has 6 heteroatoms. The summed E-state index contributed by atoms with van der Waals surface area (Å²) < 4.78 is 2.08. The Balaban J connectivity index is 1.61. The molecule has 0 bridgehead atoms. The molecule has 3 heterocycles. The lowest BCUT2D eigenvalue weighted by molar-refractivity contribution is 0.418. The Hall–Kier alpha value is -1.95. The number of rotatable bonds is 5. The number of nitrogens with zero attached hydrogens (tertiary/aromatic N) is 5. The summed E-state index contributed by atoms with van der Waals surface area (Å²) in [6.07, 6.45) is 4.11. The Morgan fingerprint density at radius 3 is 2.91 bits per heavy atom. The average Bonchev–Trinajstić information content (AvgIpc) is 2.87. The molecule has 0 aliphatic carbocycles. The molecule has 1 saturated heterocycles. The Labute approximate surface area is 137 Å². The van der Waals surface area contributed by atoms with Crippen LogP contribution in [0.4, 0.5) is 5.82 Å². The maximum atomic E-state index is 4.60. The number of hydrogen-bond acceptors (Lipinski definition) is 5. The molecule has 3 rings (SSSR count). The molecule has 6 nitrogen and oxygen atoms in total. The molecule has 0 aromatic carbocycles. The van der Waals surface area contributed by atoms with Crippen molar-refractivity contribution in [3.63, 3.8) is 0 Å². The fourth-order valence-electron chi connectivity index (χ4n) is 3.36. The Morgan fingerprint density at radius 1 is 1.35 bits per heavy atom. The monoisotopic (exact) mass is 314 g/mol. The largest absolute Gasteiger partial charge is 0.354 e. The smallest absolute Gasteiger partial charge is 0.151 e. The summed E-state index contributed by atoms with van der Waals surface area (Å²) >= 11 is 0. The molecule has 2 aromatic rings. The lowest BCUT2D eigenvalue weighted by atomic mass is 10.0. The van der Waals surface area contributed by atoms with Gasteiger partial charge in [0.1, 0.15) is 0 Å². The highest BCUT2D eigenvalue weighted by Gasteiger charge is 2.21. The standard InChI is InChI=1S/C17H26N6/c1-4-23-14(3)16(13(2)21-23)11-18-15-7-6-10-22(12-15)17-8-5-9-19-20-17/h5,8-9,15,18H,4,6-7,10-12H2,1-3H3/t15-/m0/s1. The third-order valence-corrected chi connectivity index (χ3v) is 4.70. The summed E-state index contributed by atoms with van der Waals surface area (Å²) in [4.78, 5) is 2.32. The fraction of sp³-hybridized carbons (Fsp3) is 0.588. The van der Waals surface area contributed by atoms with Crippen molar-refractivity contribution in [3.05, 3.63) is 35.3 Å². The van der Waals surface area contributed by atoms with Crippen LogP contribution < -0.4 is 10.2 Å². The summed E-state index contributed by atoms with van der Waals surface area (Å²) in [5.74, 6) is 0.977. The predicted octanol–water partition coefficient (Wildman–Crippen LogP) is 2.07. The quantitative estimate of drug-likeness (QED) is 0.915. The summed E-state index contributed by atoms with van der Waals surface area (Å²) in [7, 11) is 0. The zero-order valence-corrected chi connectivity index (χ0v) is 14.3. The first-order valence-electron chi connectivity index (χ1n) is 8.48. The van der Waals surface area contributed by atoms with Crippen LogP contribution in [0.2, 0.25) is 0 Å². The van der Waals surface area contributed by atoms with Gasteiger partial charge in [-0.3, -0.25) is 4.68 Å². The number of aromatic nitrogens is 4. The Kier molecular flexibility index (Phi) is 4.91. The van der Waals surface area contributed by atoms with Gasteiger partial charge in [-0.2, -0.15) is 10.2 Å². The van der Waals surface area contributed by atoms with E-state index in [1.54, 1.807) is 6.20 Å². The molecular formula is C17H26N6. The van der Waals surface area contributed by atoms with E-state index in [2.05, 4.69) is 51.0 Å². The van der Waals surface area contributed by atoms with Crippen molar-refractivity contribution < 1.29 is 0 Å². The number of hydrogen-bond donors (Lipinski definition) is 1. The van der Waals surface area contributed by atoms with Crippen LogP contribution in [0.5, 0.6) is 0 Å². The molecule has 23 heavy (non-hydrogen) atoms. The highest BCUT2D eigenvalue weighted by Crippen LogP contribution is 2.18. The molecule has 0 amide bonds. The first-order chi connectivity index (χ1) is 11.2. The van der Waals surface area contributed by atoms with Gasteiger partial charge in [-0.05, 0) is 45.7 Å². The van der Waals surface area contributed by atoms with E-state index in [-0.39, 0.29) is 0 Å². The summed E-state index contributed by atoms with van der Waals surface area (Å²) in [6.45, 7) is 10.3. The number of nitrogens with one attached hydrogen (secondary N) is 1. The summed E-state index contributed by atoms with van der Waals surface area (Å²) in [6, 6.07) is 4.47. The molecule has 0 spiro atoms. The second-order valence-corrected chi connectivity index (χ2v) is 6.21. The van der Waals surface area contributed by atoms with Crippen molar-refractivity contribution in [2.75, 3.05) is 18.0 Å². The zero-order chi connectivity index (χ0) is 16.2. The normalized spacial score (nSPS) is 18.4. The van der Waals surface area contributed by atoms with Crippen LogP contribution in [0.25, 0.3) is 0 Å². The van der Waals surface area contributed by atoms with Crippen molar-refractivity contribution in [2.45, 2.75) is 52.7 Å². The van der Waals surface area contributed by atoms with Crippen LogP contribution in [0.1, 0.15) is 36.7 Å². The zero-order valence-electron chi connectivity index (χ0n) is 14.3. The summed E-state index contributed by atoms with van der Waals surface area (Å²) in [5, 5.41) is 16.5. The lowest BCUT2D eigenvalue weighted by Crippen LogP contribution is -2.46. The van der Waals surface area contributed by atoms with Gasteiger partial charge in [0.15, 0.2) is 5.82 Å². The van der Waals surface area contributed by atoms with Crippen molar-refractivity contribution >= 4 is 5.82 Å². The van der Waals surface area contributed by atoms with Crippen LogP contribution in [0.15, 0.2) is 18.3 Å². The van der Waals surface area contributed by atoms with Gasteiger partial charge in [-0.15, -0.1) is 5.10 Å². The van der Waals surface area contributed by atoms with E-state index in [9.17, 15) is 0 Å². The van der Waals surface area contributed by atoms with E-state index in [1.165, 1.54) is 24.1 Å². The molecule has 1 atom stereocenters. The molecule has 0 unspecified atom stereocenters. The van der Waals surface area contributed by atoms with E-state index >= 15 is 0 Å². The molecule has 2 aromatic heterocycles. The van der Waals surface area contributed by atoms with Gasteiger partial charge in [-0.1, -0.05) is 0 Å². The molecule has 1 aliphatic heterocycles. The van der Waals surface area contributed by atoms with Crippen LogP contribution >= 0.6 is 0 Å². The van der Waals surface area contributed by atoms with E-state index in [1.807, 2.05) is 12.1 Å². The lowest BCUT2D eigenvalue weighted by Gasteiger charge is -2.33. The van der Waals surface area contributed by atoms with Crippen LogP contribution in [-0.2, 0) is 13.1 Å². The van der Waals surface area contributed by atoms with E-state index in [0.29, 0.717) is 6.04 Å². The molecule has 0 saturated carbocycles.